The fourth-order valence-electron chi connectivity index (χ4n) is 3.29. The summed E-state index contributed by atoms with van der Waals surface area (Å²) in [5, 5.41) is 10.7. The highest BCUT2D eigenvalue weighted by molar-refractivity contribution is 6.01. The number of hydrogen-bond acceptors (Lipinski definition) is 4. The number of carbonyl (C=O) groups is 2. The van der Waals surface area contributed by atoms with E-state index in [1.165, 1.54) is 0 Å². The number of aliphatic hydroxyl groups is 1. The molecule has 2 fully saturated rings. The second-order valence-electron chi connectivity index (χ2n) is 5.59. The number of esters is 2. The Balaban J connectivity index is 2.30. The van der Waals surface area contributed by atoms with Crippen molar-refractivity contribution in [3.63, 3.8) is 0 Å². The first-order valence-corrected chi connectivity index (χ1v) is 6.46. The van der Waals surface area contributed by atoms with Crippen molar-refractivity contribution >= 4 is 11.9 Å². The summed E-state index contributed by atoms with van der Waals surface area (Å²) in [6, 6.07) is 0. The van der Waals surface area contributed by atoms with E-state index >= 15 is 0 Å². The summed E-state index contributed by atoms with van der Waals surface area (Å²) in [6.07, 6.45) is 4.78. The average Bonchev–Trinajstić information content (AvgIpc) is 2.51. The molecule has 1 N–H and O–H groups in total. The van der Waals surface area contributed by atoms with E-state index < -0.39 is 23.5 Å². The third-order valence-corrected chi connectivity index (χ3v) is 4.14. The molecule has 1 saturated carbocycles. The molecule has 0 radical (unpaired) electrons. The maximum Gasteiger partial charge on any atom is 0.346 e. The van der Waals surface area contributed by atoms with Crippen LogP contribution >= 0.6 is 0 Å². The van der Waals surface area contributed by atoms with Crippen LogP contribution in [0.3, 0.4) is 0 Å². The Bertz CT molecular complexity index is 330. The second-order valence-corrected chi connectivity index (χ2v) is 5.59. The Kier molecular flexibility index (Phi) is 3.25. The second kappa shape index (κ2) is 4.41. The minimum atomic E-state index is -1.58. The lowest BCUT2D eigenvalue weighted by Gasteiger charge is -2.36. The van der Waals surface area contributed by atoms with Crippen LogP contribution in [-0.4, -0.2) is 22.6 Å². The number of carbonyl (C=O) groups excluding carboxylic acids is 2. The monoisotopic (exact) mass is 240 g/mol. The van der Waals surface area contributed by atoms with Gasteiger partial charge in [-0.1, -0.05) is 33.1 Å². The van der Waals surface area contributed by atoms with E-state index in [-0.39, 0.29) is 11.8 Å². The van der Waals surface area contributed by atoms with Crippen LogP contribution in [0.5, 0.6) is 0 Å². The van der Waals surface area contributed by atoms with Gasteiger partial charge in [0.1, 0.15) is 0 Å². The lowest BCUT2D eigenvalue weighted by Crippen LogP contribution is -2.50. The zero-order chi connectivity index (χ0) is 12.6. The van der Waals surface area contributed by atoms with Gasteiger partial charge >= 0.3 is 11.9 Å². The number of ether oxygens (including phenoxy) is 1. The summed E-state index contributed by atoms with van der Waals surface area (Å²) in [6.45, 7) is 3.69. The van der Waals surface area contributed by atoms with Crippen LogP contribution in [0, 0.1) is 17.8 Å². The summed E-state index contributed by atoms with van der Waals surface area (Å²) in [7, 11) is 0. The Morgan fingerprint density at radius 1 is 1.24 bits per heavy atom. The standard InChI is InChI=1S/C13H20O4/c1-8(2)10-11(14)17-12(15)13(10,16)9-6-4-3-5-7-9/h8-10,16H,3-7H2,1-2H3. The topological polar surface area (TPSA) is 63.6 Å². The van der Waals surface area contributed by atoms with Gasteiger partial charge in [-0.05, 0) is 24.7 Å². The minimum absolute atomic E-state index is 0.0825. The van der Waals surface area contributed by atoms with Gasteiger partial charge in [-0.15, -0.1) is 0 Å². The van der Waals surface area contributed by atoms with Crippen molar-refractivity contribution in [3.05, 3.63) is 0 Å². The normalized spacial score (nSPS) is 35.4. The van der Waals surface area contributed by atoms with Gasteiger partial charge in [0.25, 0.3) is 0 Å². The van der Waals surface area contributed by atoms with Crippen molar-refractivity contribution in [1.82, 2.24) is 0 Å². The molecule has 0 spiro atoms. The van der Waals surface area contributed by atoms with Crippen LogP contribution in [0.25, 0.3) is 0 Å². The predicted octanol–water partition coefficient (Wildman–Crippen LogP) is 1.65. The maximum atomic E-state index is 11.8. The first-order chi connectivity index (χ1) is 7.98. The molecule has 0 bridgehead atoms. The van der Waals surface area contributed by atoms with Crippen molar-refractivity contribution in [1.29, 1.82) is 0 Å². The Labute approximate surface area is 101 Å². The Hall–Kier alpha value is -0.900. The highest BCUT2D eigenvalue weighted by Gasteiger charge is 2.61. The van der Waals surface area contributed by atoms with E-state index in [4.69, 9.17) is 0 Å². The summed E-state index contributed by atoms with van der Waals surface area (Å²) in [5.74, 6) is -2.19. The molecule has 2 unspecified atom stereocenters. The molecule has 2 atom stereocenters. The van der Waals surface area contributed by atoms with E-state index in [9.17, 15) is 14.7 Å². The van der Waals surface area contributed by atoms with Gasteiger partial charge in [-0.2, -0.15) is 0 Å². The number of cyclic esters (lactones) is 2. The fourth-order valence-corrected chi connectivity index (χ4v) is 3.29. The van der Waals surface area contributed by atoms with E-state index in [0.717, 1.165) is 32.1 Å². The molecule has 1 heterocycles. The van der Waals surface area contributed by atoms with Gasteiger partial charge in [0.2, 0.25) is 0 Å². The van der Waals surface area contributed by atoms with Gasteiger partial charge < -0.3 is 9.84 Å². The summed E-state index contributed by atoms with van der Waals surface area (Å²) in [4.78, 5) is 23.5. The van der Waals surface area contributed by atoms with Crippen molar-refractivity contribution < 1.29 is 19.4 Å². The third kappa shape index (κ3) is 1.88. The molecule has 2 aliphatic rings. The lowest BCUT2D eigenvalue weighted by atomic mass is 9.68. The molecular weight excluding hydrogens is 220 g/mol. The molecule has 0 aromatic rings. The van der Waals surface area contributed by atoms with E-state index in [2.05, 4.69) is 4.74 Å². The van der Waals surface area contributed by atoms with Crippen molar-refractivity contribution in [2.24, 2.45) is 17.8 Å². The first kappa shape index (κ1) is 12.6. The van der Waals surface area contributed by atoms with Gasteiger partial charge in [-0.25, -0.2) is 4.79 Å². The molecule has 1 aliphatic heterocycles. The highest BCUT2D eigenvalue weighted by atomic mass is 16.6. The fraction of sp³-hybridized carbons (Fsp3) is 0.846. The number of hydrogen-bond donors (Lipinski definition) is 1. The minimum Gasteiger partial charge on any atom is -0.391 e. The van der Waals surface area contributed by atoms with Crippen LogP contribution in [0.2, 0.25) is 0 Å². The van der Waals surface area contributed by atoms with Crippen molar-refractivity contribution in [2.75, 3.05) is 0 Å². The van der Waals surface area contributed by atoms with Crippen LogP contribution in [0.15, 0.2) is 0 Å². The van der Waals surface area contributed by atoms with Gasteiger partial charge in [0.05, 0.1) is 5.92 Å². The molecule has 0 aromatic carbocycles. The van der Waals surface area contributed by atoms with Crippen LogP contribution in [0.4, 0.5) is 0 Å². The number of rotatable bonds is 2. The van der Waals surface area contributed by atoms with Crippen molar-refractivity contribution in [3.8, 4) is 0 Å². The quantitative estimate of drug-likeness (QED) is 0.589. The van der Waals surface area contributed by atoms with Gasteiger partial charge in [-0.3, -0.25) is 4.79 Å². The van der Waals surface area contributed by atoms with E-state index in [0.29, 0.717) is 0 Å². The average molecular weight is 240 g/mol. The Morgan fingerprint density at radius 3 is 2.35 bits per heavy atom. The molecule has 17 heavy (non-hydrogen) atoms. The van der Waals surface area contributed by atoms with Gasteiger partial charge in [0, 0.05) is 0 Å². The third-order valence-electron chi connectivity index (χ3n) is 4.14. The zero-order valence-electron chi connectivity index (χ0n) is 10.4. The van der Waals surface area contributed by atoms with Crippen LogP contribution in [-0.2, 0) is 14.3 Å². The molecule has 0 aromatic heterocycles. The molecule has 2 rings (SSSR count). The van der Waals surface area contributed by atoms with Gasteiger partial charge in [0.15, 0.2) is 5.60 Å². The molecule has 4 heteroatoms. The summed E-state index contributed by atoms with van der Waals surface area (Å²) >= 11 is 0. The SMILES string of the molecule is CC(C)C1C(=O)OC(=O)C1(O)C1CCCCC1. The Morgan fingerprint density at radius 2 is 1.82 bits per heavy atom. The van der Waals surface area contributed by atoms with Crippen LogP contribution < -0.4 is 0 Å². The maximum absolute atomic E-state index is 11.8. The molecule has 0 amide bonds. The van der Waals surface area contributed by atoms with E-state index in [1.54, 1.807) is 0 Å². The molecule has 4 nitrogen and oxygen atoms in total. The first-order valence-electron chi connectivity index (χ1n) is 6.46. The predicted molar refractivity (Wildman–Crippen MR) is 61.0 cm³/mol. The van der Waals surface area contributed by atoms with Crippen LogP contribution in [0.1, 0.15) is 46.0 Å². The summed E-state index contributed by atoms with van der Waals surface area (Å²) < 4.78 is 4.68. The smallest absolute Gasteiger partial charge is 0.346 e. The molecule has 96 valence electrons. The molecule has 1 saturated heterocycles. The molecular formula is C13H20O4. The molecule has 1 aliphatic carbocycles. The van der Waals surface area contributed by atoms with E-state index in [1.807, 2.05) is 13.8 Å². The summed E-state index contributed by atoms with van der Waals surface area (Å²) in [5.41, 5.74) is -1.58. The van der Waals surface area contributed by atoms with Crippen molar-refractivity contribution in [2.45, 2.75) is 51.6 Å². The highest BCUT2D eigenvalue weighted by Crippen LogP contribution is 2.44. The largest absolute Gasteiger partial charge is 0.391 e. The lowest BCUT2D eigenvalue weighted by molar-refractivity contribution is -0.163. The zero-order valence-corrected chi connectivity index (χ0v) is 10.4.